The molecule has 3 aromatic heterocycles. The summed E-state index contributed by atoms with van der Waals surface area (Å²) in [6, 6.07) is 19.6. The van der Waals surface area contributed by atoms with Crippen LogP contribution in [0.25, 0.3) is 28.5 Å². The summed E-state index contributed by atoms with van der Waals surface area (Å²) in [4.78, 5) is 8.84. The zero-order valence-electron chi connectivity index (χ0n) is 18.1. The van der Waals surface area contributed by atoms with Crippen molar-refractivity contribution in [3.05, 3.63) is 95.1 Å². The van der Waals surface area contributed by atoms with Gasteiger partial charge in [-0.2, -0.15) is 0 Å². The molecule has 0 atom stereocenters. The Morgan fingerprint density at radius 3 is 2.48 bits per heavy atom. The van der Waals surface area contributed by atoms with Gasteiger partial charge in [-0.1, -0.05) is 47.6 Å². The van der Waals surface area contributed by atoms with Gasteiger partial charge in [0, 0.05) is 34.3 Å². The van der Waals surface area contributed by atoms with Crippen molar-refractivity contribution in [3.63, 3.8) is 0 Å². The van der Waals surface area contributed by atoms with Crippen LogP contribution >= 0.6 is 23.4 Å². The minimum atomic E-state index is 0.594. The Morgan fingerprint density at radius 2 is 1.70 bits per heavy atom. The maximum atomic E-state index is 6.44. The first-order valence-corrected chi connectivity index (χ1v) is 11.7. The molecule has 2 aromatic carbocycles. The second-order valence-electron chi connectivity index (χ2n) is 7.44. The van der Waals surface area contributed by atoms with Gasteiger partial charge >= 0.3 is 0 Å². The number of pyridine rings is 1. The van der Waals surface area contributed by atoms with E-state index in [-0.39, 0.29) is 0 Å². The van der Waals surface area contributed by atoms with Crippen molar-refractivity contribution in [3.8, 4) is 28.5 Å². The molecule has 0 amide bonds. The molecular weight excluding hydrogens is 454 g/mol. The number of halogens is 1. The van der Waals surface area contributed by atoms with Crippen LogP contribution < -0.4 is 0 Å². The molecule has 0 radical (unpaired) electrons. The molecule has 33 heavy (non-hydrogen) atoms. The molecule has 0 saturated heterocycles. The molecule has 0 aliphatic rings. The van der Waals surface area contributed by atoms with Crippen molar-refractivity contribution in [2.75, 3.05) is 0 Å². The number of benzene rings is 2. The summed E-state index contributed by atoms with van der Waals surface area (Å²) < 4.78 is 7.96. The molecule has 0 bridgehead atoms. The average molecular weight is 474 g/mol. The number of hydrogen-bond acceptors (Lipinski definition) is 6. The lowest BCUT2D eigenvalue weighted by Crippen LogP contribution is -2.02. The molecule has 0 fully saturated rings. The van der Waals surface area contributed by atoms with Gasteiger partial charge < -0.3 is 4.42 Å². The van der Waals surface area contributed by atoms with Crippen molar-refractivity contribution in [2.45, 2.75) is 24.8 Å². The zero-order valence-corrected chi connectivity index (χ0v) is 19.6. The molecule has 0 saturated carbocycles. The Labute approximate surface area is 200 Å². The number of oxazole rings is 1. The Morgan fingerprint density at radius 1 is 0.909 bits per heavy atom. The standard InChI is InChI=1S/C25H20ClN5OS/c1-16-20(26)9-6-10-22(16)31-23(18-11-13-27-14-12-18)29-30-25(31)33-15-21-17(2)32-24(28-21)19-7-4-3-5-8-19/h3-14H,15H2,1-2H3. The van der Waals surface area contributed by atoms with Crippen molar-refractivity contribution in [1.29, 1.82) is 0 Å². The van der Waals surface area contributed by atoms with Crippen LogP contribution in [0, 0.1) is 13.8 Å². The highest BCUT2D eigenvalue weighted by Gasteiger charge is 2.20. The molecule has 0 unspecified atom stereocenters. The third-order valence-electron chi connectivity index (χ3n) is 5.30. The molecule has 3 heterocycles. The van der Waals surface area contributed by atoms with Gasteiger partial charge in [-0.15, -0.1) is 10.2 Å². The summed E-state index contributed by atoms with van der Waals surface area (Å²) in [6.45, 7) is 3.93. The molecule has 0 aliphatic carbocycles. The Bertz CT molecular complexity index is 1400. The topological polar surface area (TPSA) is 69.6 Å². The molecule has 5 rings (SSSR count). The lowest BCUT2D eigenvalue weighted by Gasteiger charge is -2.13. The third kappa shape index (κ3) is 4.29. The minimum absolute atomic E-state index is 0.594. The van der Waals surface area contributed by atoms with E-state index in [1.165, 1.54) is 0 Å². The van der Waals surface area contributed by atoms with Crippen molar-refractivity contribution in [1.82, 2.24) is 24.7 Å². The van der Waals surface area contributed by atoms with Gasteiger partial charge in [0.1, 0.15) is 5.76 Å². The van der Waals surface area contributed by atoms with Crippen LogP contribution in [-0.4, -0.2) is 24.7 Å². The lowest BCUT2D eigenvalue weighted by molar-refractivity contribution is 0.540. The Kier molecular flexibility index (Phi) is 5.98. The van der Waals surface area contributed by atoms with Crippen LogP contribution in [-0.2, 0) is 5.75 Å². The van der Waals surface area contributed by atoms with Crippen LogP contribution in [0.15, 0.2) is 82.6 Å². The van der Waals surface area contributed by atoms with E-state index in [1.807, 2.05) is 79.1 Å². The monoisotopic (exact) mass is 473 g/mol. The van der Waals surface area contributed by atoms with Gasteiger partial charge in [-0.3, -0.25) is 9.55 Å². The van der Waals surface area contributed by atoms with Crippen molar-refractivity contribution >= 4 is 23.4 Å². The van der Waals surface area contributed by atoms with Gasteiger partial charge in [0.2, 0.25) is 5.89 Å². The molecule has 164 valence electrons. The summed E-state index contributed by atoms with van der Waals surface area (Å²) in [7, 11) is 0. The third-order valence-corrected chi connectivity index (χ3v) is 6.65. The van der Waals surface area contributed by atoms with E-state index in [1.54, 1.807) is 24.2 Å². The van der Waals surface area contributed by atoms with Gasteiger partial charge in [0.15, 0.2) is 11.0 Å². The van der Waals surface area contributed by atoms with E-state index in [0.717, 1.165) is 44.8 Å². The van der Waals surface area contributed by atoms with E-state index >= 15 is 0 Å². The molecule has 0 aliphatic heterocycles. The SMILES string of the molecule is Cc1oc(-c2ccccc2)nc1CSc1nnc(-c2ccncc2)n1-c1cccc(Cl)c1C. The number of rotatable bonds is 6. The van der Waals surface area contributed by atoms with E-state index in [0.29, 0.717) is 16.7 Å². The quantitative estimate of drug-likeness (QED) is 0.260. The van der Waals surface area contributed by atoms with Crippen molar-refractivity contribution < 1.29 is 4.42 Å². The molecule has 0 N–H and O–H groups in total. The molecule has 5 aromatic rings. The molecular formula is C25H20ClN5OS. The maximum Gasteiger partial charge on any atom is 0.226 e. The van der Waals surface area contributed by atoms with E-state index in [2.05, 4.69) is 15.2 Å². The van der Waals surface area contributed by atoms with Gasteiger partial charge in [0.25, 0.3) is 0 Å². The number of thioether (sulfide) groups is 1. The van der Waals surface area contributed by atoms with E-state index < -0.39 is 0 Å². The van der Waals surface area contributed by atoms with Crippen LogP contribution in [0.3, 0.4) is 0 Å². The number of aryl methyl sites for hydroxylation is 1. The fourth-order valence-corrected chi connectivity index (χ4v) is 4.62. The summed E-state index contributed by atoms with van der Waals surface area (Å²) in [5.74, 6) is 2.73. The van der Waals surface area contributed by atoms with E-state index in [9.17, 15) is 0 Å². The number of nitrogens with zero attached hydrogens (tertiary/aromatic N) is 5. The van der Waals surface area contributed by atoms with Crippen molar-refractivity contribution in [2.24, 2.45) is 0 Å². The first-order chi connectivity index (χ1) is 16.1. The lowest BCUT2D eigenvalue weighted by atomic mass is 10.2. The Balaban J connectivity index is 1.51. The van der Waals surface area contributed by atoms with Crippen LogP contribution in [0.5, 0.6) is 0 Å². The van der Waals surface area contributed by atoms with Crippen LogP contribution in [0.4, 0.5) is 0 Å². The average Bonchev–Trinajstić information content (AvgIpc) is 3.44. The minimum Gasteiger partial charge on any atom is -0.441 e. The number of aromatic nitrogens is 5. The van der Waals surface area contributed by atoms with Crippen LogP contribution in [0.1, 0.15) is 17.0 Å². The van der Waals surface area contributed by atoms with E-state index in [4.69, 9.17) is 21.0 Å². The fourth-order valence-electron chi connectivity index (χ4n) is 3.51. The van der Waals surface area contributed by atoms with Crippen LogP contribution in [0.2, 0.25) is 5.02 Å². The highest BCUT2D eigenvalue weighted by molar-refractivity contribution is 7.98. The first kappa shape index (κ1) is 21.4. The summed E-state index contributed by atoms with van der Waals surface area (Å²) in [6.07, 6.45) is 3.49. The smallest absolute Gasteiger partial charge is 0.226 e. The first-order valence-electron chi connectivity index (χ1n) is 10.4. The second-order valence-corrected chi connectivity index (χ2v) is 8.79. The normalized spacial score (nSPS) is 11.1. The van der Waals surface area contributed by atoms with Gasteiger partial charge in [0.05, 0.1) is 11.4 Å². The fraction of sp³-hybridized carbons (Fsp3) is 0.120. The Hall–Kier alpha value is -3.42. The van der Waals surface area contributed by atoms with Gasteiger partial charge in [-0.05, 0) is 55.8 Å². The summed E-state index contributed by atoms with van der Waals surface area (Å²) in [5, 5.41) is 10.4. The second kappa shape index (κ2) is 9.21. The van der Waals surface area contributed by atoms with Gasteiger partial charge in [-0.25, -0.2) is 4.98 Å². The highest BCUT2D eigenvalue weighted by Crippen LogP contribution is 2.33. The number of hydrogen-bond donors (Lipinski definition) is 0. The zero-order chi connectivity index (χ0) is 22.8. The predicted molar refractivity (Wildman–Crippen MR) is 131 cm³/mol. The highest BCUT2D eigenvalue weighted by atomic mass is 35.5. The molecule has 8 heteroatoms. The predicted octanol–water partition coefficient (Wildman–Crippen LogP) is 6.55. The summed E-state index contributed by atoms with van der Waals surface area (Å²) >= 11 is 8.00. The maximum absolute atomic E-state index is 6.44. The summed E-state index contributed by atoms with van der Waals surface area (Å²) in [5.41, 5.74) is 4.65. The molecule has 0 spiro atoms. The largest absolute Gasteiger partial charge is 0.441 e. The molecule has 6 nitrogen and oxygen atoms in total.